The quantitative estimate of drug-likeness (QED) is 0.902. The maximum atomic E-state index is 12.6. The van der Waals surface area contributed by atoms with Crippen LogP contribution in [0.1, 0.15) is 12.8 Å². The highest BCUT2D eigenvalue weighted by Gasteiger charge is 2.27. The van der Waals surface area contributed by atoms with Crippen molar-refractivity contribution in [2.24, 2.45) is 5.92 Å². The van der Waals surface area contributed by atoms with E-state index in [1.54, 1.807) is 18.3 Å². The highest BCUT2D eigenvalue weighted by molar-refractivity contribution is 6.30. The number of halogens is 1. The minimum Gasteiger partial charge on any atom is -0.356 e. The largest absolute Gasteiger partial charge is 0.356 e. The summed E-state index contributed by atoms with van der Waals surface area (Å²) in [6.07, 6.45) is 5.06. The van der Waals surface area contributed by atoms with E-state index < -0.39 is 0 Å². The van der Waals surface area contributed by atoms with Gasteiger partial charge in [0.15, 0.2) is 0 Å². The molecule has 1 unspecified atom stereocenters. The second-order valence-corrected chi connectivity index (χ2v) is 6.68. The average Bonchev–Trinajstić information content (AvgIpc) is 2.64. The van der Waals surface area contributed by atoms with Gasteiger partial charge < -0.3 is 15.1 Å². The van der Waals surface area contributed by atoms with Gasteiger partial charge in [0, 0.05) is 39.6 Å². The first kappa shape index (κ1) is 17.4. The van der Waals surface area contributed by atoms with Gasteiger partial charge in [-0.3, -0.25) is 4.79 Å². The number of amides is 1. The molecule has 0 radical (unpaired) electrons. The molecule has 1 atom stereocenters. The van der Waals surface area contributed by atoms with Gasteiger partial charge in [0.2, 0.25) is 11.9 Å². The lowest BCUT2D eigenvalue weighted by Gasteiger charge is -2.33. The summed E-state index contributed by atoms with van der Waals surface area (Å²) in [5, 5.41) is 3.41. The van der Waals surface area contributed by atoms with Crippen molar-refractivity contribution in [1.82, 2.24) is 15.0 Å². The maximum absolute atomic E-state index is 12.6. The Labute approximate surface area is 152 Å². The van der Waals surface area contributed by atoms with Crippen LogP contribution in [0.2, 0.25) is 5.02 Å². The van der Waals surface area contributed by atoms with Crippen LogP contribution in [0.5, 0.6) is 0 Å². The number of rotatable bonds is 4. The lowest BCUT2D eigenvalue weighted by Crippen LogP contribution is -2.41. The molecule has 25 heavy (non-hydrogen) atoms. The number of hydrogen-bond acceptors (Lipinski definition) is 6. The van der Waals surface area contributed by atoms with E-state index in [0.717, 1.165) is 25.2 Å². The smallest absolute Gasteiger partial charge is 0.230 e. The predicted octanol–water partition coefficient (Wildman–Crippen LogP) is 2.45. The minimum atomic E-state index is -0.107. The standard InChI is InChI=1S/C17H21ClN6O/c1-23(2)17-19-8-7-15(22-17)24-9-3-4-12(11-24)16(25)21-14-6-5-13(18)10-20-14/h5-8,10,12H,3-4,9,11H2,1-2H3,(H,20,21,25). The van der Waals surface area contributed by atoms with Crippen LogP contribution in [0.3, 0.4) is 0 Å². The van der Waals surface area contributed by atoms with Crippen LogP contribution in [-0.4, -0.2) is 48.0 Å². The van der Waals surface area contributed by atoms with Crippen molar-refractivity contribution in [2.75, 3.05) is 42.3 Å². The lowest BCUT2D eigenvalue weighted by atomic mass is 9.97. The van der Waals surface area contributed by atoms with Crippen molar-refractivity contribution >= 4 is 35.1 Å². The molecule has 0 saturated carbocycles. The van der Waals surface area contributed by atoms with Crippen molar-refractivity contribution in [2.45, 2.75) is 12.8 Å². The number of pyridine rings is 1. The van der Waals surface area contributed by atoms with Crippen LogP contribution >= 0.6 is 11.6 Å². The van der Waals surface area contributed by atoms with Gasteiger partial charge >= 0.3 is 0 Å². The summed E-state index contributed by atoms with van der Waals surface area (Å²) in [7, 11) is 3.81. The summed E-state index contributed by atoms with van der Waals surface area (Å²) in [4.78, 5) is 29.5. The average molecular weight is 361 g/mol. The third-order valence-corrected chi connectivity index (χ3v) is 4.35. The molecular formula is C17H21ClN6O. The first-order valence-electron chi connectivity index (χ1n) is 8.20. The Bertz CT molecular complexity index is 736. The zero-order valence-corrected chi connectivity index (χ0v) is 15.1. The molecule has 0 aromatic carbocycles. The third-order valence-electron chi connectivity index (χ3n) is 4.12. The van der Waals surface area contributed by atoms with Crippen LogP contribution in [0, 0.1) is 5.92 Å². The molecular weight excluding hydrogens is 340 g/mol. The Balaban J connectivity index is 1.67. The third kappa shape index (κ3) is 4.36. The van der Waals surface area contributed by atoms with E-state index in [1.807, 2.05) is 25.1 Å². The fourth-order valence-electron chi connectivity index (χ4n) is 2.81. The van der Waals surface area contributed by atoms with Gasteiger partial charge in [-0.2, -0.15) is 4.98 Å². The summed E-state index contributed by atoms with van der Waals surface area (Å²) in [5.74, 6) is 1.89. The highest BCUT2D eigenvalue weighted by Crippen LogP contribution is 2.23. The Hall–Kier alpha value is -2.41. The van der Waals surface area contributed by atoms with Crippen molar-refractivity contribution in [1.29, 1.82) is 0 Å². The molecule has 3 rings (SSSR count). The lowest BCUT2D eigenvalue weighted by molar-refractivity contribution is -0.120. The van der Waals surface area contributed by atoms with E-state index in [0.29, 0.717) is 23.3 Å². The molecule has 0 aliphatic carbocycles. The van der Waals surface area contributed by atoms with Gasteiger partial charge in [-0.15, -0.1) is 0 Å². The molecule has 2 aromatic heterocycles. The Kier molecular flexibility index (Phi) is 5.33. The zero-order chi connectivity index (χ0) is 17.8. The summed E-state index contributed by atoms with van der Waals surface area (Å²) in [6, 6.07) is 5.30. The summed E-state index contributed by atoms with van der Waals surface area (Å²) >= 11 is 5.82. The van der Waals surface area contributed by atoms with E-state index in [2.05, 4.69) is 25.2 Å². The molecule has 1 fully saturated rings. The molecule has 1 N–H and O–H groups in total. The Morgan fingerprint density at radius 2 is 2.16 bits per heavy atom. The first-order valence-corrected chi connectivity index (χ1v) is 8.58. The number of piperidine rings is 1. The molecule has 1 aliphatic heterocycles. The monoisotopic (exact) mass is 360 g/mol. The molecule has 0 bridgehead atoms. The van der Waals surface area contributed by atoms with Gasteiger partial charge in [-0.05, 0) is 31.0 Å². The van der Waals surface area contributed by atoms with Crippen LogP contribution < -0.4 is 15.1 Å². The van der Waals surface area contributed by atoms with E-state index in [4.69, 9.17) is 11.6 Å². The summed E-state index contributed by atoms with van der Waals surface area (Å²) < 4.78 is 0. The number of carbonyl (C=O) groups is 1. The van der Waals surface area contributed by atoms with Gasteiger partial charge in [-0.1, -0.05) is 11.6 Å². The highest BCUT2D eigenvalue weighted by atomic mass is 35.5. The van der Waals surface area contributed by atoms with Crippen LogP contribution in [0.4, 0.5) is 17.6 Å². The zero-order valence-electron chi connectivity index (χ0n) is 14.3. The van der Waals surface area contributed by atoms with E-state index in [1.165, 1.54) is 6.20 Å². The SMILES string of the molecule is CN(C)c1nccc(N2CCCC(C(=O)Nc3ccc(Cl)cn3)C2)n1. The van der Waals surface area contributed by atoms with Crippen molar-refractivity contribution in [3.8, 4) is 0 Å². The van der Waals surface area contributed by atoms with Crippen molar-refractivity contribution in [3.05, 3.63) is 35.6 Å². The van der Waals surface area contributed by atoms with Gasteiger partial charge in [0.05, 0.1) is 10.9 Å². The number of carbonyl (C=O) groups excluding carboxylic acids is 1. The van der Waals surface area contributed by atoms with Gasteiger partial charge in [0.1, 0.15) is 11.6 Å². The van der Waals surface area contributed by atoms with E-state index in [9.17, 15) is 4.79 Å². The molecule has 132 valence electrons. The normalized spacial score (nSPS) is 17.2. The Morgan fingerprint density at radius 3 is 2.88 bits per heavy atom. The second-order valence-electron chi connectivity index (χ2n) is 6.25. The van der Waals surface area contributed by atoms with Crippen LogP contribution in [0.25, 0.3) is 0 Å². The fraction of sp³-hybridized carbons (Fsp3) is 0.412. The van der Waals surface area contributed by atoms with Gasteiger partial charge in [-0.25, -0.2) is 9.97 Å². The maximum Gasteiger partial charge on any atom is 0.230 e. The number of anilines is 3. The summed E-state index contributed by atoms with van der Waals surface area (Å²) in [6.45, 7) is 1.51. The molecule has 0 spiro atoms. The molecule has 1 saturated heterocycles. The molecule has 7 nitrogen and oxygen atoms in total. The minimum absolute atomic E-state index is 0.0265. The molecule has 2 aromatic rings. The number of nitrogens with zero attached hydrogens (tertiary/aromatic N) is 5. The van der Waals surface area contributed by atoms with Crippen LogP contribution in [-0.2, 0) is 4.79 Å². The predicted molar refractivity (Wildman–Crippen MR) is 99.2 cm³/mol. The number of nitrogens with one attached hydrogen (secondary N) is 1. The number of hydrogen-bond donors (Lipinski definition) is 1. The van der Waals surface area contributed by atoms with E-state index >= 15 is 0 Å². The van der Waals surface area contributed by atoms with E-state index in [-0.39, 0.29) is 11.8 Å². The summed E-state index contributed by atoms with van der Waals surface area (Å²) in [5.41, 5.74) is 0. The molecule has 1 amide bonds. The first-order chi connectivity index (χ1) is 12.0. The van der Waals surface area contributed by atoms with Crippen molar-refractivity contribution in [3.63, 3.8) is 0 Å². The topological polar surface area (TPSA) is 74.2 Å². The molecule has 8 heteroatoms. The second kappa shape index (κ2) is 7.65. The van der Waals surface area contributed by atoms with Gasteiger partial charge in [0.25, 0.3) is 0 Å². The molecule has 3 heterocycles. The van der Waals surface area contributed by atoms with Crippen LogP contribution in [0.15, 0.2) is 30.6 Å². The molecule has 1 aliphatic rings. The fourth-order valence-corrected chi connectivity index (χ4v) is 2.92. The number of aromatic nitrogens is 3. The Morgan fingerprint density at radius 1 is 1.32 bits per heavy atom. The van der Waals surface area contributed by atoms with Crippen molar-refractivity contribution < 1.29 is 4.79 Å².